The van der Waals surface area contributed by atoms with E-state index in [-0.39, 0.29) is 29.5 Å². The average molecular weight is 515 g/mol. The molecule has 0 atom stereocenters. The minimum atomic E-state index is -4.11. The van der Waals surface area contributed by atoms with Crippen LogP contribution in [0.5, 0.6) is 23.0 Å². The highest BCUT2D eigenvalue weighted by Gasteiger charge is 2.30. The van der Waals surface area contributed by atoms with Crippen molar-refractivity contribution in [3.05, 3.63) is 72.3 Å². The number of aryl methyl sites for hydroxylation is 1. The number of carbonyl (C=O) groups is 1. The van der Waals surface area contributed by atoms with Crippen LogP contribution in [-0.4, -0.2) is 55.4 Å². The summed E-state index contributed by atoms with van der Waals surface area (Å²) in [5, 5.41) is 2.71. The zero-order valence-electron chi connectivity index (χ0n) is 20.7. The van der Waals surface area contributed by atoms with E-state index < -0.39 is 22.5 Å². The Kier molecular flexibility index (Phi) is 9.02. The van der Waals surface area contributed by atoms with Crippen molar-refractivity contribution in [2.75, 3.05) is 45.3 Å². The topological polar surface area (TPSA) is 103 Å². The monoisotopic (exact) mass is 514 g/mol. The fraction of sp³-hybridized carbons (Fsp3) is 0.269. The molecule has 3 aromatic rings. The third-order valence-corrected chi connectivity index (χ3v) is 7.08. The van der Waals surface area contributed by atoms with Crippen molar-refractivity contribution in [1.29, 1.82) is 0 Å². The summed E-state index contributed by atoms with van der Waals surface area (Å²) < 4.78 is 49.7. The van der Waals surface area contributed by atoms with Gasteiger partial charge in [0.1, 0.15) is 36.1 Å². The van der Waals surface area contributed by atoms with Crippen LogP contribution in [0.3, 0.4) is 0 Å². The molecular formula is C26H30N2O7S. The van der Waals surface area contributed by atoms with E-state index in [1.807, 2.05) is 6.92 Å². The molecule has 0 saturated carbocycles. The second-order valence-electron chi connectivity index (χ2n) is 7.74. The predicted octanol–water partition coefficient (Wildman–Crippen LogP) is 3.41. The van der Waals surface area contributed by atoms with Gasteiger partial charge in [-0.25, -0.2) is 8.42 Å². The van der Waals surface area contributed by atoms with Gasteiger partial charge in [-0.3, -0.25) is 9.10 Å². The van der Waals surface area contributed by atoms with E-state index in [1.54, 1.807) is 55.6 Å². The molecule has 0 aliphatic carbocycles. The quantitative estimate of drug-likeness (QED) is 0.370. The number of hydrogen-bond donors (Lipinski definition) is 1. The van der Waals surface area contributed by atoms with Crippen LogP contribution in [-0.2, 0) is 14.8 Å². The SMILES string of the molecule is COc1ccc(OCCNC(=O)CN(c2cc(OC)ccc2OC)S(=O)(=O)c2ccc(C)cc2)cc1. The number of sulfonamides is 1. The molecule has 10 heteroatoms. The van der Waals surface area contributed by atoms with Crippen molar-refractivity contribution in [3.63, 3.8) is 0 Å². The van der Waals surface area contributed by atoms with Crippen molar-refractivity contribution in [3.8, 4) is 23.0 Å². The molecule has 0 bridgehead atoms. The predicted molar refractivity (Wildman–Crippen MR) is 137 cm³/mol. The van der Waals surface area contributed by atoms with Crippen LogP contribution < -0.4 is 28.6 Å². The average Bonchev–Trinajstić information content (AvgIpc) is 2.89. The number of hydrogen-bond acceptors (Lipinski definition) is 7. The van der Waals surface area contributed by atoms with Crippen LogP contribution in [0.1, 0.15) is 5.56 Å². The highest BCUT2D eigenvalue weighted by atomic mass is 32.2. The molecule has 0 aliphatic heterocycles. The van der Waals surface area contributed by atoms with E-state index in [0.29, 0.717) is 17.2 Å². The molecule has 36 heavy (non-hydrogen) atoms. The van der Waals surface area contributed by atoms with Gasteiger partial charge in [0, 0.05) is 6.07 Å². The Morgan fingerprint density at radius 2 is 1.44 bits per heavy atom. The van der Waals surface area contributed by atoms with E-state index in [0.717, 1.165) is 9.87 Å². The van der Waals surface area contributed by atoms with E-state index in [9.17, 15) is 13.2 Å². The third kappa shape index (κ3) is 6.60. The van der Waals surface area contributed by atoms with Gasteiger partial charge in [-0.15, -0.1) is 0 Å². The second kappa shape index (κ2) is 12.2. The maximum absolute atomic E-state index is 13.6. The number of methoxy groups -OCH3 is 3. The molecule has 0 heterocycles. The largest absolute Gasteiger partial charge is 0.497 e. The van der Waals surface area contributed by atoms with Gasteiger partial charge in [-0.1, -0.05) is 17.7 Å². The molecular weight excluding hydrogens is 484 g/mol. The molecule has 0 aliphatic rings. The highest BCUT2D eigenvalue weighted by Crippen LogP contribution is 2.35. The van der Waals surface area contributed by atoms with Crippen LogP contribution >= 0.6 is 0 Å². The Morgan fingerprint density at radius 3 is 2.06 bits per heavy atom. The van der Waals surface area contributed by atoms with Crippen molar-refractivity contribution >= 4 is 21.6 Å². The summed E-state index contributed by atoms with van der Waals surface area (Å²) in [6.45, 7) is 1.77. The first-order chi connectivity index (χ1) is 17.3. The number of nitrogens with zero attached hydrogens (tertiary/aromatic N) is 1. The molecule has 0 spiro atoms. The minimum absolute atomic E-state index is 0.0496. The summed E-state index contributed by atoms with van der Waals surface area (Å²) >= 11 is 0. The van der Waals surface area contributed by atoms with Crippen LogP contribution in [0.4, 0.5) is 5.69 Å². The molecule has 0 saturated heterocycles. The number of ether oxygens (including phenoxy) is 4. The van der Waals surface area contributed by atoms with E-state index >= 15 is 0 Å². The number of nitrogens with one attached hydrogen (secondary N) is 1. The Hall–Kier alpha value is -3.92. The van der Waals surface area contributed by atoms with Gasteiger partial charge in [-0.05, 0) is 55.5 Å². The van der Waals surface area contributed by atoms with Gasteiger partial charge in [-0.2, -0.15) is 0 Å². The summed E-state index contributed by atoms with van der Waals surface area (Å²) in [6, 6.07) is 18.2. The summed E-state index contributed by atoms with van der Waals surface area (Å²) in [5.74, 6) is 1.52. The Balaban J connectivity index is 1.78. The lowest BCUT2D eigenvalue weighted by Crippen LogP contribution is -2.42. The maximum Gasteiger partial charge on any atom is 0.264 e. The molecule has 1 N–H and O–H groups in total. The molecule has 192 valence electrons. The van der Waals surface area contributed by atoms with Crippen LogP contribution in [0.25, 0.3) is 0 Å². The van der Waals surface area contributed by atoms with Crippen molar-refractivity contribution < 1.29 is 32.2 Å². The Morgan fingerprint density at radius 1 is 0.833 bits per heavy atom. The fourth-order valence-corrected chi connectivity index (χ4v) is 4.77. The van der Waals surface area contributed by atoms with Gasteiger partial charge in [0.2, 0.25) is 5.91 Å². The highest BCUT2D eigenvalue weighted by molar-refractivity contribution is 7.92. The molecule has 3 rings (SSSR count). The maximum atomic E-state index is 13.6. The number of rotatable bonds is 12. The molecule has 3 aromatic carbocycles. The first-order valence-electron chi connectivity index (χ1n) is 11.1. The molecule has 0 unspecified atom stereocenters. The number of anilines is 1. The Labute approximate surface area is 211 Å². The van der Waals surface area contributed by atoms with Crippen LogP contribution in [0.15, 0.2) is 71.6 Å². The van der Waals surface area contributed by atoms with Gasteiger partial charge < -0.3 is 24.3 Å². The zero-order valence-corrected chi connectivity index (χ0v) is 21.5. The Bertz CT molecular complexity index is 1260. The second-order valence-corrected chi connectivity index (χ2v) is 9.60. The van der Waals surface area contributed by atoms with E-state index in [4.69, 9.17) is 18.9 Å². The lowest BCUT2D eigenvalue weighted by atomic mass is 10.2. The first kappa shape index (κ1) is 26.7. The molecule has 0 fully saturated rings. The lowest BCUT2D eigenvalue weighted by molar-refractivity contribution is -0.119. The van der Waals surface area contributed by atoms with Crippen LogP contribution in [0.2, 0.25) is 0 Å². The molecule has 0 aromatic heterocycles. The molecule has 0 radical (unpaired) electrons. The van der Waals surface area contributed by atoms with Crippen molar-refractivity contribution in [2.24, 2.45) is 0 Å². The van der Waals surface area contributed by atoms with Gasteiger partial charge in [0.05, 0.1) is 38.5 Å². The third-order valence-electron chi connectivity index (χ3n) is 5.30. The molecule has 9 nitrogen and oxygen atoms in total. The van der Waals surface area contributed by atoms with E-state index in [2.05, 4.69) is 5.32 Å². The number of amides is 1. The van der Waals surface area contributed by atoms with Crippen molar-refractivity contribution in [2.45, 2.75) is 11.8 Å². The normalized spacial score (nSPS) is 10.9. The standard InChI is InChI=1S/C26H30N2O7S/c1-19-5-12-23(13-6-19)36(30,31)28(24-17-22(33-3)11-14-25(24)34-4)18-26(29)27-15-16-35-21-9-7-20(32-2)8-10-21/h5-14,17H,15-16,18H2,1-4H3,(H,27,29). The summed E-state index contributed by atoms with van der Waals surface area (Å²) in [5.41, 5.74) is 1.09. The van der Waals surface area contributed by atoms with Crippen LogP contribution in [0, 0.1) is 6.92 Å². The summed E-state index contributed by atoms with van der Waals surface area (Å²) in [6.07, 6.45) is 0. The molecule has 1 amide bonds. The number of benzene rings is 3. The number of carbonyl (C=O) groups excluding carboxylic acids is 1. The van der Waals surface area contributed by atoms with Gasteiger partial charge in [0.25, 0.3) is 10.0 Å². The summed E-state index contributed by atoms with van der Waals surface area (Å²) in [7, 11) is 0.370. The van der Waals surface area contributed by atoms with E-state index in [1.165, 1.54) is 32.4 Å². The zero-order chi connectivity index (χ0) is 26.1. The fourth-order valence-electron chi connectivity index (χ4n) is 3.35. The lowest BCUT2D eigenvalue weighted by Gasteiger charge is -2.26. The van der Waals surface area contributed by atoms with Gasteiger partial charge >= 0.3 is 0 Å². The smallest absolute Gasteiger partial charge is 0.264 e. The van der Waals surface area contributed by atoms with Crippen molar-refractivity contribution in [1.82, 2.24) is 5.32 Å². The van der Waals surface area contributed by atoms with Gasteiger partial charge in [0.15, 0.2) is 0 Å². The summed E-state index contributed by atoms with van der Waals surface area (Å²) in [4.78, 5) is 12.9. The minimum Gasteiger partial charge on any atom is -0.497 e. The first-order valence-corrected chi connectivity index (χ1v) is 12.6.